The van der Waals surface area contributed by atoms with Crippen molar-refractivity contribution in [3.63, 3.8) is 0 Å². The van der Waals surface area contributed by atoms with Gasteiger partial charge >= 0.3 is 11.9 Å². The maximum absolute atomic E-state index is 12.5. The molecule has 8 nitrogen and oxygen atoms in total. The lowest BCUT2D eigenvalue weighted by molar-refractivity contribution is 0.0379. The zero-order valence-electron chi connectivity index (χ0n) is 14.6. The molecule has 0 fully saturated rings. The van der Waals surface area contributed by atoms with Gasteiger partial charge in [-0.05, 0) is 33.3 Å². The van der Waals surface area contributed by atoms with Crippen LogP contribution in [0.25, 0.3) is 0 Å². The maximum Gasteiger partial charge on any atom is 0.348 e. The molecule has 0 saturated carbocycles. The van der Waals surface area contributed by atoms with Crippen LogP contribution in [0.2, 0.25) is 5.02 Å². The van der Waals surface area contributed by atoms with Gasteiger partial charge in [-0.1, -0.05) is 11.6 Å². The Morgan fingerprint density at radius 3 is 2.58 bits per heavy atom. The average Bonchev–Trinajstić information content (AvgIpc) is 3.10. The second-order valence-corrected chi connectivity index (χ2v) is 6.91. The molecule has 2 rings (SSSR count). The number of hydrogen-bond acceptors (Lipinski definition) is 7. The number of esters is 2. The third-order valence-electron chi connectivity index (χ3n) is 3.20. The SMILES string of the molecule is CCOC(=O)c1sc(NC(=O)c2[nH]ncc2Cl)c(C(=O)OC(C)C)c1C. The van der Waals surface area contributed by atoms with Crippen LogP contribution >= 0.6 is 22.9 Å². The van der Waals surface area contributed by atoms with E-state index < -0.39 is 17.8 Å². The molecule has 1 amide bonds. The van der Waals surface area contributed by atoms with Crippen LogP contribution in [-0.4, -0.2) is 40.8 Å². The molecule has 0 radical (unpaired) electrons. The van der Waals surface area contributed by atoms with E-state index in [0.717, 1.165) is 11.3 Å². The monoisotopic (exact) mass is 399 g/mol. The Kier molecular flexibility index (Phi) is 6.38. The van der Waals surface area contributed by atoms with E-state index >= 15 is 0 Å². The van der Waals surface area contributed by atoms with Crippen LogP contribution < -0.4 is 5.32 Å². The maximum atomic E-state index is 12.5. The van der Waals surface area contributed by atoms with Crippen LogP contribution in [0, 0.1) is 6.92 Å². The first kappa shape index (κ1) is 19.9. The van der Waals surface area contributed by atoms with Gasteiger partial charge in [-0.15, -0.1) is 11.3 Å². The molecule has 0 aliphatic heterocycles. The summed E-state index contributed by atoms with van der Waals surface area (Å²) in [5, 5.41) is 9.04. The van der Waals surface area contributed by atoms with Crippen molar-refractivity contribution < 1.29 is 23.9 Å². The van der Waals surface area contributed by atoms with Crippen LogP contribution in [0.3, 0.4) is 0 Å². The summed E-state index contributed by atoms with van der Waals surface area (Å²) in [6.45, 7) is 6.87. The summed E-state index contributed by atoms with van der Waals surface area (Å²) < 4.78 is 10.2. The fraction of sp³-hybridized carbons (Fsp3) is 0.375. The Hall–Kier alpha value is -2.39. The van der Waals surface area contributed by atoms with Gasteiger partial charge in [0.25, 0.3) is 5.91 Å². The van der Waals surface area contributed by atoms with E-state index in [1.165, 1.54) is 6.20 Å². The predicted molar refractivity (Wildman–Crippen MR) is 97.1 cm³/mol. The van der Waals surface area contributed by atoms with Gasteiger partial charge < -0.3 is 14.8 Å². The minimum Gasteiger partial charge on any atom is -0.462 e. The van der Waals surface area contributed by atoms with Gasteiger partial charge in [-0.3, -0.25) is 9.89 Å². The van der Waals surface area contributed by atoms with Gasteiger partial charge in [0.05, 0.1) is 29.5 Å². The first-order valence-corrected chi connectivity index (χ1v) is 8.97. The van der Waals surface area contributed by atoms with Crippen molar-refractivity contribution in [2.75, 3.05) is 11.9 Å². The highest BCUT2D eigenvalue weighted by Crippen LogP contribution is 2.35. The molecule has 10 heteroatoms. The third kappa shape index (κ3) is 4.23. The number of halogens is 1. The van der Waals surface area contributed by atoms with Crippen LogP contribution in [0.5, 0.6) is 0 Å². The minimum absolute atomic E-state index is 0.0404. The highest BCUT2D eigenvalue weighted by Gasteiger charge is 2.28. The van der Waals surface area contributed by atoms with Crippen molar-refractivity contribution in [3.05, 3.63) is 32.9 Å². The molecule has 0 bridgehead atoms. The predicted octanol–water partition coefficient (Wildman–Crippen LogP) is 3.43. The molecule has 0 saturated heterocycles. The average molecular weight is 400 g/mol. The summed E-state index contributed by atoms with van der Waals surface area (Å²) in [7, 11) is 0. The molecule has 0 aliphatic carbocycles. The Morgan fingerprint density at radius 2 is 2.04 bits per heavy atom. The standard InChI is InChI=1S/C16H18ClN3O5S/c1-5-24-16(23)12-8(4)10(15(22)25-7(2)3)14(26-12)19-13(21)11-9(17)6-18-20-11/h6-7H,5H2,1-4H3,(H,18,20)(H,19,21). The Morgan fingerprint density at radius 1 is 1.35 bits per heavy atom. The lowest BCUT2D eigenvalue weighted by atomic mass is 10.1. The molecule has 0 unspecified atom stereocenters. The second-order valence-electron chi connectivity index (χ2n) is 5.48. The highest BCUT2D eigenvalue weighted by molar-refractivity contribution is 7.18. The van der Waals surface area contributed by atoms with E-state index in [9.17, 15) is 14.4 Å². The smallest absolute Gasteiger partial charge is 0.348 e. The second kappa shape index (κ2) is 8.33. The number of amides is 1. The molecule has 0 aromatic carbocycles. The first-order chi connectivity index (χ1) is 12.3. The number of H-pyrrole nitrogens is 1. The third-order valence-corrected chi connectivity index (χ3v) is 4.68. The van der Waals surface area contributed by atoms with Crippen molar-refractivity contribution in [1.29, 1.82) is 0 Å². The van der Waals surface area contributed by atoms with Crippen molar-refractivity contribution >= 4 is 45.8 Å². The quantitative estimate of drug-likeness (QED) is 0.720. The summed E-state index contributed by atoms with van der Waals surface area (Å²) in [6.07, 6.45) is 0.923. The minimum atomic E-state index is -0.643. The molecule has 26 heavy (non-hydrogen) atoms. The van der Waals surface area contributed by atoms with Crippen molar-refractivity contribution in [2.24, 2.45) is 0 Å². The van der Waals surface area contributed by atoms with Gasteiger partial charge in [0.2, 0.25) is 0 Å². The molecule has 0 atom stereocenters. The van der Waals surface area contributed by atoms with E-state index in [-0.39, 0.29) is 38.9 Å². The number of carbonyl (C=O) groups is 3. The number of aromatic nitrogens is 2. The molecular weight excluding hydrogens is 382 g/mol. The molecule has 140 valence electrons. The Balaban J connectivity index is 2.43. The lowest BCUT2D eigenvalue weighted by Crippen LogP contribution is -2.17. The number of anilines is 1. The van der Waals surface area contributed by atoms with Crippen molar-refractivity contribution in [1.82, 2.24) is 10.2 Å². The van der Waals surface area contributed by atoms with Crippen LogP contribution in [0.4, 0.5) is 5.00 Å². The topological polar surface area (TPSA) is 110 Å². The van der Waals surface area contributed by atoms with E-state index in [2.05, 4.69) is 15.5 Å². The summed E-state index contributed by atoms with van der Waals surface area (Å²) >= 11 is 6.82. The van der Waals surface area contributed by atoms with Crippen LogP contribution in [-0.2, 0) is 9.47 Å². The van der Waals surface area contributed by atoms with E-state index in [0.29, 0.717) is 5.56 Å². The van der Waals surface area contributed by atoms with Gasteiger partial charge in [0.15, 0.2) is 0 Å². The zero-order valence-corrected chi connectivity index (χ0v) is 16.2. The number of hydrogen-bond donors (Lipinski definition) is 2. The Labute approximate surface area is 158 Å². The number of carbonyl (C=O) groups excluding carboxylic acids is 3. The van der Waals surface area contributed by atoms with Crippen LogP contribution in [0.1, 0.15) is 56.9 Å². The number of thiophene rings is 1. The number of nitrogens with zero attached hydrogens (tertiary/aromatic N) is 1. The number of ether oxygens (including phenoxy) is 2. The summed E-state index contributed by atoms with van der Waals surface area (Å²) in [4.78, 5) is 37.2. The largest absolute Gasteiger partial charge is 0.462 e. The molecule has 2 aromatic rings. The molecular formula is C16H18ClN3O5S. The molecule has 0 spiro atoms. The molecule has 2 N–H and O–H groups in total. The zero-order chi connectivity index (χ0) is 19.4. The van der Waals surface area contributed by atoms with Crippen molar-refractivity contribution in [3.8, 4) is 0 Å². The first-order valence-electron chi connectivity index (χ1n) is 7.77. The summed E-state index contributed by atoms with van der Waals surface area (Å²) in [6, 6.07) is 0. The van der Waals surface area contributed by atoms with Gasteiger partial charge in [0.1, 0.15) is 15.6 Å². The Bertz CT molecular complexity index is 843. The summed E-state index contributed by atoms with van der Waals surface area (Å²) in [5.74, 6) is -1.81. The fourth-order valence-electron chi connectivity index (χ4n) is 2.11. The van der Waals surface area contributed by atoms with E-state index in [1.807, 2.05) is 0 Å². The molecule has 0 aliphatic rings. The normalized spacial score (nSPS) is 10.7. The number of rotatable bonds is 6. The highest BCUT2D eigenvalue weighted by atomic mass is 35.5. The van der Waals surface area contributed by atoms with E-state index in [1.54, 1.807) is 27.7 Å². The van der Waals surface area contributed by atoms with Crippen LogP contribution in [0.15, 0.2) is 6.20 Å². The molecule has 2 heterocycles. The van der Waals surface area contributed by atoms with Gasteiger partial charge in [-0.25, -0.2) is 9.59 Å². The molecule has 2 aromatic heterocycles. The number of aromatic amines is 1. The van der Waals surface area contributed by atoms with Gasteiger partial charge in [-0.2, -0.15) is 5.10 Å². The van der Waals surface area contributed by atoms with Crippen molar-refractivity contribution in [2.45, 2.75) is 33.8 Å². The lowest BCUT2D eigenvalue weighted by Gasteiger charge is -2.10. The van der Waals surface area contributed by atoms with E-state index in [4.69, 9.17) is 21.1 Å². The summed E-state index contributed by atoms with van der Waals surface area (Å²) in [5.41, 5.74) is 0.527. The van der Waals surface area contributed by atoms with Gasteiger partial charge in [0, 0.05) is 0 Å². The number of nitrogens with one attached hydrogen (secondary N) is 2. The fourth-order valence-corrected chi connectivity index (χ4v) is 3.37.